The quantitative estimate of drug-likeness (QED) is 0.309. The first-order chi connectivity index (χ1) is 14.8. The van der Waals surface area contributed by atoms with Gasteiger partial charge in [-0.2, -0.15) is 0 Å². The number of hydrogen-bond acceptors (Lipinski definition) is 2. The van der Waals surface area contributed by atoms with Crippen molar-refractivity contribution in [3.8, 4) is 0 Å². The lowest BCUT2D eigenvalue weighted by atomic mass is 9.85. The Hall–Kier alpha value is -1.66. The molecule has 0 bridgehead atoms. The summed E-state index contributed by atoms with van der Waals surface area (Å²) in [6.07, 6.45) is 15.5. The highest BCUT2D eigenvalue weighted by atomic mass is 127. The van der Waals surface area contributed by atoms with Crippen LogP contribution in [0.3, 0.4) is 0 Å². The van der Waals surface area contributed by atoms with Crippen LogP contribution in [-0.2, 0) is 4.42 Å². The van der Waals surface area contributed by atoms with Gasteiger partial charge in [-0.1, -0.05) is 24.6 Å². The molecule has 0 aromatic heterocycles. The average Bonchev–Trinajstić information content (AvgIpc) is 3.26. The van der Waals surface area contributed by atoms with E-state index < -0.39 is 0 Å². The molecule has 0 N–H and O–H groups in total. The summed E-state index contributed by atoms with van der Waals surface area (Å²) >= 11 is 2.38. The Morgan fingerprint density at radius 2 is 1.80 bits per heavy atom. The summed E-state index contributed by atoms with van der Waals surface area (Å²) < 4.78 is 7.47. The van der Waals surface area contributed by atoms with Gasteiger partial charge in [0.25, 0.3) is 6.61 Å². The zero-order valence-electron chi connectivity index (χ0n) is 17.6. The standard InChI is InChI=1S/C26H30IN2O/c27-21-9-7-20(8-10-21)25-19-29-16-4-6-26(29)24-18-22(11-12-23(24)25)30-17-5-15-28-13-2-1-3-14-28/h6-12,18H,1-5,13-17,19H2/q+1. The van der Waals surface area contributed by atoms with Crippen molar-refractivity contribution < 1.29 is 4.42 Å². The number of halogens is 1. The zero-order chi connectivity index (χ0) is 20.3. The van der Waals surface area contributed by atoms with E-state index in [1.54, 1.807) is 0 Å². The summed E-state index contributed by atoms with van der Waals surface area (Å²) in [6.45, 7) is 6.60. The number of allylic oxidation sites excluding steroid dienone is 4. The van der Waals surface area contributed by atoms with Gasteiger partial charge >= 0.3 is 5.78 Å². The first kappa shape index (κ1) is 20.3. The molecule has 3 nitrogen and oxygen atoms in total. The fraction of sp³-hybridized carbons (Fsp3) is 0.423. The van der Waals surface area contributed by atoms with Gasteiger partial charge in [0, 0.05) is 47.0 Å². The van der Waals surface area contributed by atoms with Crippen molar-refractivity contribution in [2.45, 2.75) is 32.1 Å². The van der Waals surface area contributed by atoms with Crippen LogP contribution in [0.4, 0.5) is 0 Å². The molecule has 30 heavy (non-hydrogen) atoms. The van der Waals surface area contributed by atoms with E-state index in [-0.39, 0.29) is 0 Å². The fourth-order valence-corrected chi connectivity index (χ4v) is 5.33. The number of nitrogens with zero attached hydrogens (tertiary/aromatic N) is 2. The van der Waals surface area contributed by atoms with Gasteiger partial charge in [-0.3, -0.25) is 4.42 Å². The predicted octanol–water partition coefficient (Wildman–Crippen LogP) is 5.13. The van der Waals surface area contributed by atoms with Crippen LogP contribution >= 0.6 is 22.6 Å². The Balaban J connectivity index is 1.35. The van der Waals surface area contributed by atoms with Crippen molar-refractivity contribution >= 4 is 33.9 Å². The Bertz CT molecular complexity index is 946. The number of fused-ring (bicyclic) bond motifs is 3. The molecular formula is C26H30IN2O+. The molecule has 0 spiro atoms. The molecule has 1 fully saturated rings. The summed E-state index contributed by atoms with van der Waals surface area (Å²) in [7, 11) is 0. The second kappa shape index (κ2) is 9.23. The SMILES string of the molecule is Ic1ccc(C2=C3C=CC(=[O+]CCCN4CCCCC4)C=C3C3=CCCN3C2)cc1. The Morgan fingerprint density at radius 3 is 2.63 bits per heavy atom. The van der Waals surface area contributed by atoms with Gasteiger partial charge in [0.1, 0.15) is 0 Å². The minimum Gasteiger partial charge on any atom is -0.367 e. The Labute approximate surface area is 193 Å². The van der Waals surface area contributed by atoms with E-state index >= 15 is 0 Å². The van der Waals surface area contributed by atoms with E-state index in [9.17, 15) is 0 Å². The normalized spacial score (nSPS) is 22.8. The van der Waals surface area contributed by atoms with Crippen molar-refractivity contribution in [1.82, 2.24) is 9.80 Å². The van der Waals surface area contributed by atoms with Crippen molar-refractivity contribution in [3.05, 3.63) is 74.5 Å². The molecule has 1 aliphatic carbocycles. The van der Waals surface area contributed by atoms with E-state index in [0.717, 1.165) is 44.9 Å². The predicted molar refractivity (Wildman–Crippen MR) is 132 cm³/mol. The largest absolute Gasteiger partial charge is 0.367 e. The van der Waals surface area contributed by atoms with Crippen molar-refractivity contribution in [2.75, 3.05) is 39.3 Å². The summed E-state index contributed by atoms with van der Waals surface area (Å²) in [5.41, 5.74) is 6.84. The third kappa shape index (κ3) is 4.35. The van der Waals surface area contributed by atoms with Crippen LogP contribution in [0.2, 0.25) is 0 Å². The summed E-state index contributed by atoms with van der Waals surface area (Å²) in [4.78, 5) is 5.11. The van der Waals surface area contributed by atoms with Crippen LogP contribution in [0.25, 0.3) is 5.57 Å². The molecule has 1 saturated heterocycles. The van der Waals surface area contributed by atoms with Gasteiger partial charge in [-0.25, -0.2) is 0 Å². The second-order valence-electron chi connectivity index (χ2n) is 8.60. The number of hydrogen-bond donors (Lipinski definition) is 0. The highest BCUT2D eigenvalue weighted by molar-refractivity contribution is 14.1. The maximum Gasteiger partial charge on any atom is 0.344 e. The van der Waals surface area contributed by atoms with Crippen molar-refractivity contribution in [3.63, 3.8) is 0 Å². The van der Waals surface area contributed by atoms with Crippen LogP contribution in [0.1, 0.15) is 37.7 Å². The Morgan fingerprint density at radius 1 is 0.967 bits per heavy atom. The second-order valence-corrected chi connectivity index (χ2v) is 9.84. The molecule has 0 amide bonds. The van der Waals surface area contributed by atoms with Gasteiger partial charge < -0.3 is 9.80 Å². The minimum atomic E-state index is 0.797. The number of piperidine rings is 1. The molecule has 156 valence electrons. The summed E-state index contributed by atoms with van der Waals surface area (Å²) in [5.74, 6) is 1.00. The zero-order valence-corrected chi connectivity index (χ0v) is 19.7. The van der Waals surface area contributed by atoms with Crippen LogP contribution < -0.4 is 0 Å². The molecule has 4 aliphatic rings. The molecular weight excluding hydrogens is 483 g/mol. The molecule has 1 aromatic rings. The first-order valence-corrected chi connectivity index (χ1v) is 12.4. The lowest BCUT2D eigenvalue weighted by Crippen LogP contribution is -2.31. The van der Waals surface area contributed by atoms with E-state index in [0.29, 0.717) is 0 Å². The lowest BCUT2D eigenvalue weighted by Gasteiger charge is -2.33. The maximum absolute atomic E-state index is 6.19. The van der Waals surface area contributed by atoms with Crippen LogP contribution in [0.5, 0.6) is 0 Å². The molecule has 0 atom stereocenters. The molecule has 0 saturated carbocycles. The molecule has 0 radical (unpaired) electrons. The third-order valence-corrected chi connectivity index (χ3v) is 7.27. The Kier molecular flexibility index (Phi) is 6.23. The van der Waals surface area contributed by atoms with Gasteiger partial charge in [0.05, 0.1) is 6.08 Å². The third-order valence-electron chi connectivity index (χ3n) is 6.55. The van der Waals surface area contributed by atoms with Crippen molar-refractivity contribution in [1.29, 1.82) is 0 Å². The lowest BCUT2D eigenvalue weighted by molar-refractivity contribution is -0.456. The molecule has 0 unspecified atom stereocenters. The van der Waals surface area contributed by atoms with E-state index in [1.165, 1.54) is 63.9 Å². The molecule has 4 heteroatoms. The van der Waals surface area contributed by atoms with Crippen LogP contribution in [0.15, 0.2) is 65.4 Å². The van der Waals surface area contributed by atoms with Gasteiger partial charge in [0.15, 0.2) is 0 Å². The summed E-state index contributed by atoms with van der Waals surface area (Å²) in [5, 5.41) is 0. The van der Waals surface area contributed by atoms with Gasteiger partial charge in [-0.05, 0) is 89.9 Å². The van der Waals surface area contributed by atoms with E-state index in [4.69, 9.17) is 4.42 Å². The van der Waals surface area contributed by atoms with Crippen LogP contribution in [-0.4, -0.2) is 54.9 Å². The number of benzene rings is 1. The maximum atomic E-state index is 6.19. The average molecular weight is 513 g/mol. The molecule has 1 aromatic carbocycles. The van der Waals surface area contributed by atoms with E-state index in [1.807, 2.05) is 0 Å². The highest BCUT2D eigenvalue weighted by Crippen LogP contribution is 2.40. The smallest absolute Gasteiger partial charge is 0.344 e. The van der Waals surface area contributed by atoms with Gasteiger partial charge in [0.2, 0.25) is 0 Å². The minimum absolute atomic E-state index is 0.797. The number of ketones is 1. The topological polar surface area (TPSA) is 17.8 Å². The monoisotopic (exact) mass is 513 g/mol. The summed E-state index contributed by atoms with van der Waals surface area (Å²) in [6, 6.07) is 8.93. The van der Waals surface area contributed by atoms with Crippen LogP contribution in [0, 0.1) is 3.57 Å². The number of rotatable bonds is 5. The first-order valence-electron chi connectivity index (χ1n) is 11.3. The van der Waals surface area contributed by atoms with E-state index in [2.05, 4.69) is 81.0 Å². The number of carbonyl (C=O) groups excluding carboxylic acids is 1. The number of likely N-dealkylation sites (tertiary alicyclic amines) is 1. The molecule has 3 aliphatic heterocycles. The van der Waals surface area contributed by atoms with Crippen molar-refractivity contribution in [2.24, 2.45) is 0 Å². The molecule has 5 rings (SSSR count). The van der Waals surface area contributed by atoms with Gasteiger partial charge in [-0.15, -0.1) is 0 Å². The highest BCUT2D eigenvalue weighted by Gasteiger charge is 2.31. The fourth-order valence-electron chi connectivity index (χ4n) is 4.97. The molecule has 3 heterocycles.